The van der Waals surface area contributed by atoms with Crippen LogP contribution < -0.4 is 5.73 Å². The molecule has 3 aliphatic heterocycles. The molecule has 4 rings (SSSR count). The van der Waals surface area contributed by atoms with Crippen molar-refractivity contribution >= 4 is 0 Å². The summed E-state index contributed by atoms with van der Waals surface area (Å²) in [5.74, 6) is 2.02. The summed E-state index contributed by atoms with van der Waals surface area (Å²) in [4.78, 5) is 5.59. The smallest absolute Gasteiger partial charge is 0.0358 e. The maximum atomic E-state index is 6.36. The molecule has 0 spiro atoms. The first-order valence-corrected chi connectivity index (χ1v) is 9.50. The molecule has 3 heteroatoms. The van der Waals surface area contributed by atoms with Crippen molar-refractivity contribution < 1.29 is 0 Å². The molecule has 1 aliphatic carbocycles. The van der Waals surface area contributed by atoms with Crippen LogP contribution in [0.25, 0.3) is 0 Å². The van der Waals surface area contributed by atoms with Gasteiger partial charge in [0.05, 0.1) is 0 Å². The molecule has 4 unspecified atom stereocenters. The van der Waals surface area contributed by atoms with Crippen molar-refractivity contribution in [2.24, 2.45) is 17.6 Å². The quantitative estimate of drug-likeness (QED) is 0.848. The minimum atomic E-state index is 0.341. The number of fused-ring (bicyclic) bond motifs is 2. The second-order valence-corrected chi connectivity index (χ2v) is 8.25. The fourth-order valence-electron chi connectivity index (χ4n) is 5.95. The molecule has 1 saturated carbocycles. The first kappa shape index (κ1) is 14.5. The Bertz CT molecular complexity index is 371. The van der Waals surface area contributed by atoms with Gasteiger partial charge in [-0.25, -0.2) is 0 Å². The van der Waals surface area contributed by atoms with E-state index >= 15 is 0 Å². The first-order valence-electron chi connectivity index (χ1n) is 9.50. The van der Waals surface area contributed by atoms with E-state index in [4.69, 9.17) is 5.73 Å². The van der Waals surface area contributed by atoms with Gasteiger partial charge in [-0.2, -0.15) is 0 Å². The van der Waals surface area contributed by atoms with Crippen LogP contribution in [0.3, 0.4) is 0 Å². The standard InChI is InChI=1S/C18H33N3/c19-14-18(8-11-20-9-3-6-17(20)12-18)21-10-7-15-4-1-2-5-16(15)13-21/h15-17H,1-14,19H2. The Hall–Kier alpha value is -0.120. The Labute approximate surface area is 130 Å². The third-order valence-corrected chi connectivity index (χ3v) is 7.32. The van der Waals surface area contributed by atoms with E-state index in [0.717, 1.165) is 24.4 Å². The van der Waals surface area contributed by atoms with E-state index in [2.05, 4.69) is 9.80 Å². The van der Waals surface area contributed by atoms with Gasteiger partial charge in [0, 0.05) is 31.2 Å². The Morgan fingerprint density at radius 1 is 0.905 bits per heavy atom. The van der Waals surface area contributed by atoms with Gasteiger partial charge in [0.2, 0.25) is 0 Å². The second-order valence-electron chi connectivity index (χ2n) is 8.25. The SMILES string of the molecule is NCC1(N2CCC3CCCCC3C2)CCN2CCCC2C1. The van der Waals surface area contributed by atoms with E-state index in [9.17, 15) is 0 Å². The van der Waals surface area contributed by atoms with Crippen LogP contribution in [-0.2, 0) is 0 Å². The summed E-state index contributed by atoms with van der Waals surface area (Å²) in [6, 6.07) is 0.839. The largest absolute Gasteiger partial charge is 0.329 e. The second kappa shape index (κ2) is 5.82. The fourth-order valence-corrected chi connectivity index (χ4v) is 5.95. The predicted molar refractivity (Wildman–Crippen MR) is 87.3 cm³/mol. The molecule has 0 bridgehead atoms. The van der Waals surface area contributed by atoms with Crippen LogP contribution in [0.4, 0.5) is 0 Å². The van der Waals surface area contributed by atoms with Crippen molar-refractivity contribution in [2.75, 3.05) is 32.7 Å². The summed E-state index contributed by atoms with van der Waals surface area (Å²) in [5.41, 5.74) is 6.70. The van der Waals surface area contributed by atoms with Crippen LogP contribution in [0, 0.1) is 11.8 Å². The molecule has 3 heterocycles. The van der Waals surface area contributed by atoms with E-state index in [-0.39, 0.29) is 0 Å². The van der Waals surface area contributed by atoms with Crippen molar-refractivity contribution in [1.29, 1.82) is 0 Å². The average molecular weight is 291 g/mol. The lowest BCUT2D eigenvalue weighted by atomic mass is 9.72. The number of piperidine rings is 2. The van der Waals surface area contributed by atoms with E-state index < -0.39 is 0 Å². The zero-order chi connectivity index (χ0) is 14.3. The summed E-state index contributed by atoms with van der Waals surface area (Å²) in [5, 5.41) is 0. The van der Waals surface area contributed by atoms with E-state index in [1.807, 2.05) is 0 Å². The summed E-state index contributed by atoms with van der Waals surface area (Å²) >= 11 is 0. The molecule has 4 atom stereocenters. The lowest BCUT2D eigenvalue weighted by Gasteiger charge is -2.54. The molecule has 4 aliphatic rings. The highest BCUT2D eigenvalue weighted by Crippen LogP contribution is 2.42. The highest BCUT2D eigenvalue weighted by atomic mass is 15.3. The summed E-state index contributed by atoms with van der Waals surface area (Å²) in [7, 11) is 0. The van der Waals surface area contributed by atoms with Gasteiger partial charge in [-0.3, -0.25) is 4.90 Å². The van der Waals surface area contributed by atoms with Crippen molar-refractivity contribution in [3.05, 3.63) is 0 Å². The molecule has 3 saturated heterocycles. The molecule has 0 aromatic rings. The maximum absolute atomic E-state index is 6.36. The average Bonchev–Trinajstić information content (AvgIpc) is 3.01. The number of nitrogens with zero attached hydrogens (tertiary/aromatic N) is 2. The number of likely N-dealkylation sites (tertiary alicyclic amines) is 1. The van der Waals surface area contributed by atoms with Crippen LogP contribution in [0.15, 0.2) is 0 Å². The zero-order valence-electron chi connectivity index (χ0n) is 13.6. The summed E-state index contributed by atoms with van der Waals surface area (Å²) in [6.07, 6.45) is 12.9. The molecular weight excluding hydrogens is 258 g/mol. The molecular formula is C18H33N3. The summed E-state index contributed by atoms with van der Waals surface area (Å²) < 4.78 is 0. The molecule has 21 heavy (non-hydrogen) atoms. The molecule has 0 aromatic carbocycles. The lowest BCUT2D eigenvalue weighted by Crippen LogP contribution is -2.63. The molecule has 120 valence electrons. The van der Waals surface area contributed by atoms with Gasteiger partial charge in [0.1, 0.15) is 0 Å². The fraction of sp³-hybridized carbons (Fsp3) is 1.00. The number of rotatable bonds is 2. The van der Waals surface area contributed by atoms with Crippen LogP contribution in [-0.4, -0.2) is 54.1 Å². The number of hydrogen-bond donors (Lipinski definition) is 1. The Kier molecular flexibility index (Phi) is 4.01. The predicted octanol–water partition coefficient (Wildman–Crippen LogP) is 2.45. The lowest BCUT2D eigenvalue weighted by molar-refractivity contribution is -0.0354. The summed E-state index contributed by atoms with van der Waals surface area (Å²) in [6.45, 7) is 6.21. The normalized spacial score (nSPS) is 45.3. The van der Waals surface area contributed by atoms with Crippen LogP contribution >= 0.6 is 0 Å². The highest BCUT2D eigenvalue weighted by molar-refractivity contribution is 5.03. The van der Waals surface area contributed by atoms with Crippen molar-refractivity contribution in [2.45, 2.75) is 69.4 Å². The van der Waals surface area contributed by atoms with Crippen molar-refractivity contribution in [3.63, 3.8) is 0 Å². The van der Waals surface area contributed by atoms with E-state index in [0.29, 0.717) is 5.54 Å². The van der Waals surface area contributed by atoms with Gasteiger partial charge in [-0.05, 0) is 63.5 Å². The Morgan fingerprint density at radius 2 is 1.76 bits per heavy atom. The van der Waals surface area contributed by atoms with Crippen molar-refractivity contribution in [1.82, 2.24) is 9.80 Å². The van der Waals surface area contributed by atoms with Crippen molar-refractivity contribution in [3.8, 4) is 0 Å². The molecule has 4 fully saturated rings. The molecule has 3 nitrogen and oxygen atoms in total. The highest BCUT2D eigenvalue weighted by Gasteiger charge is 2.46. The number of nitrogens with two attached hydrogens (primary N) is 1. The minimum absolute atomic E-state index is 0.341. The van der Waals surface area contributed by atoms with Gasteiger partial charge in [0.15, 0.2) is 0 Å². The molecule has 0 aromatic heterocycles. The van der Waals surface area contributed by atoms with Gasteiger partial charge < -0.3 is 10.6 Å². The third-order valence-electron chi connectivity index (χ3n) is 7.32. The van der Waals surface area contributed by atoms with Crippen LogP contribution in [0.5, 0.6) is 0 Å². The van der Waals surface area contributed by atoms with E-state index in [1.165, 1.54) is 84.0 Å². The maximum Gasteiger partial charge on any atom is 0.0358 e. The molecule has 0 radical (unpaired) electrons. The van der Waals surface area contributed by atoms with Gasteiger partial charge >= 0.3 is 0 Å². The topological polar surface area (TPSA) is 32.5 Å². The Morgan fingerprint density at radius 3 is 2.62 bits per heavy atom. The molecule has 2 N–H and O–H groups in total. The monoisotopic (exact) mass is 291 g/mol. The van der Waals surface area contributed by atoms with Gasteiger partial charge in [-0.1, -0.05) is 19.3 Å². The van der Waals surface area contributed by atoms with Gasteiger partial charge in [-0.15, -0.1) is 0 Å². The van der Waals surface area contributed by atoms with Crippen LogP contribution in [0.1, 0.15) is 57.8 Å². The minimum Gasteiger partial charge on any atom is -0.329 e. The third kappa shape index (κ3) is 2.55. The number of hydrogen-bond acceptors (Lipinski definition) is 3. The Balaban J connectivity index is 1.47. The van der Waals surface area contributed by atoms with E-state index in [1.54, 1.807) is 0 Å². The zero-order valence-corrected chi connectivity index (χ0v) is 13.6. The van der Waals surface area contributed by atoms with Gasteiger partial charge in [0.25, 0.3) is 0 Å². The molecule has 0 amide bonds. The van der Waals surface area contributed by atoms with Crippen LogP contribution in [0.2, 0.25) is 0 Å². The first-order chi connectivity index (χ1) is 10.3.